The van der Waals surface area contributed by atoms with Crippen LogP contribution in [0.1, 0.15) is 40.6 Å². The minimum Gasteiger partial charge on any atom is -0.361 e. The van der Waals surface area contributed by atoms with Gasteiger partial charge in [-0.2, -0.15) is 5.26 Å². The van der Waals surface area contributed by atoms with E-state index in [9.17, 15) is 10.1 Å². The van der Waals surface area contributed by atoms with Crippen LogP contribution in [0.15, 0.2) is 60.3 Å². The Hall–Kier alpha value is -4.04. The summed E-state index contributed by atoms with van der Waals surface area (Å²) in [6.45, 7) is 8.83. The maximum atomic E-state index is 12.8. The third-order valence-corrected chi connectivity index (χ3v) is 6.42. The fourth-order valence-corrected chi connectivity index (χ4v) is 4.65. The molecule has 34 heavy (non-hydrogen) atoms. The average Bonchev–Trinajstić information content (AvgIpc) is 3.37. The van der Waals surface area contributed by atoms with Crippen molar-refractivity contribution in [1.29, 1.82) is 5.26 Å². The number of H-pyrrole nitrogens is 1. The van der Waals surface area contributed by atoms with Gasteiger partial charge in [0.2, 0.25) is 0 Å². The van der Waals surface area contributed by atoms with Crippen LogP contribution in [0, 0.1) is 32.1 Å². The lowest BCUT2D eigenvalue weighted by molar-refractivity contribution is -0.117. The van der Waals surface area contributed by atoms with Crippen molar-refractivity contribution in [1.82, 2.24) is 14.9 Å². The van der Waals surface area contributed by atoms with Gasteiger partial charge in [0.15, 0.2) is 0 Å². The SMILES string of the molecule is CCc1cccc(C)c1-n1c(C)cc(/C=C(/C#N)C(=O)NCCc2c[nH]c3ccccc23)c1C. The molecular weight excluding hydrogens is 420 g/mol. The highest BCUT2D eigenvalue weighted by molar-refractivity contribution is 6.01. The highest BCUT2D eigenvalue weighted by atomic mass is 16.1. The van der Waals surface area contributed by atoms with E-state index < -0.39 is 0 Å². The van der Waals surface area contributed by atoms with Gasteiger partial charge in [0.25, 0.3) is 5.91 Å². The Kier molecular flexibility index (Phi) is 6.70. The number of nitrogens with zero attached hydrogens (tertiary/aromatic N) is 2. The van der Waals surface area contributed by atoms with Gasteiger partial charge in [0.1, 0.15) is 11.6 Å². The Labute approximate surface area is 200 Å². The number of aromatic nitrogens is 2. The summed E-state index contributed by atoms with van der Waals surface area (Å²) in [5.41, 5.74) is 8.96. The highest BCUT2D eigenvalue weighted by Crippen LogP contribution is 2.28. The number of nitrogens with one attached hydrogen (secondary N) is 2. The molecule has 4 rings (SSSR count). The van der Waals surface area contributed by atoms with Gasteiger partial charge >= 0.3 is 0 Å². The molecule has 0 fully saturated rings. The predicted octanol–water partition coefficient (Wildman–Crippen LogP) is 5.71. The van der Waals surface area contributed by atoms with Crippen molar-refractivity contribution in [2.75, 3.05) is 6.54 Å². The Morgan fingerprint density at radius 3 is 2.68 bits per heavy atom. The maximum absolute atomic E-state index is 12.8. The summed E-state index contributed by atoms with van der Waals surface area (Å²) in [6.07, 6.45) is 5.30. The van der Waals surface area contributed by atoms with Gasteiger partial charge < -0.3 is 14.9 Å². The first kappa shape index (κ1) is 23.1. The van der Waals surface area contributed by atoms with E-state index in [1.807, 2.05) is 37.4 Å². The molecule has 0 saturated carbocycles. The average molecular weight is 451 g/mol. The van der Waals surface area contributed by atoms with E-state index in [0.29, 0.717) is 13.0 Å². The lowest BCUT2D eigenvalue weighted by Crippen LogP contribution is -2.26. The molecule has 2 aromatic carbocycles. The molecule has 0 atom stereocenters. The van der Waals surface area contributed by atoms with Crippen molar-refractivity contribution in [3.63, 3.8) is 0 Å². The number of fused-ring (bicyclic) bond motifs is 1. The third-order valence-electron chi connectivity index (χ3n) is 6.42. The molecule has 5 nitrogen and oxygen atoms in total. The van der Waals surface area contributed by atoms with E-state index >= 15 is 0 Å². The molecule has 0 aliphatic heterocycles. The topological polar surface area (TPSA) is 73.6 Å². The van der Waals surface area contributed by atoms with E-state index in [1.165, 1.54) is 16.8 Å². The fourth-order valence-electron chi connectivity index (χ4n) is 4.65. The van der Waals surface area contributed by atoms with Crippen LogP contribution < -0.4 is 5.32 Å². The number of benzene rings is 2. The summed E-state index contributed by atoms with van der Waals surface area (Å²) in [4.78, 5) is 16.0. The number of carbonyl (C=O) groups excluding carboxylic acids is 1. The first-order chi connectivity index (χ1) is 16.4. The fraction of sp³-hybridized carbons (Fsp3) is 0.241. The molecule has 0 aliphatic carbocycles. The number of hydrogen-bond acceptors (Lipinski definition) is 2. The monoisotopic (exact) mass is 450 g/mol. The zero-order chi connectivity index (χ0) is 24.2. The van der Waals surface area contributed by atoms with Crippen LogP contribution in [0.2, 0.25) is 0 Å². The van der Waals surface area contributed by atoms with Crippen LogP contribution in [0.4, 0.5) is 0 Å². The number of para-hydroxylation sites is 2. The second-order valence-electron chi connectivity index (χ2n) is 8.63. The van der Waals surface area contributed by atoms with E-state index in [-0.39, 0.29) is 11.5 Å². The molecule has 0 radical (unpaired) electrons. The quantitative estimate of drug-likeness (QED) is 0.279. The summed E-state index contributed by atoms with van der Waals surface area (Å²) in [6, 6.07) is 18.6. The zero-order valence-corrected chi connectivity index (χ0v) is 20.2. The second-order valence-corrected chi connectivity index (χ2v) is 8.63. The van der Waals surface area contributed by atoms with E-state index in [1.54, 1.807) is 6.08 Å². The van der Waals surface area contributed by atoms with Gasteiger partial charge in [-0.3, -0.25) is 4.79 Å². The van der Waals surface area contributed by atoms with Crippen LogP contribution >= 0.6 is 0 Å². The molecule has 0 aliphatic rings. The second kappa shape index (κ2) is 9.84. The van der Waals surface area contributed by atoms with Gasteiger partial charge in [0, 0.05) is 35.0 Å². The molecule has 0 saturated heterocycles. The summed E-state index contributed by atoms with van der Waals surface area (Å²) in [5.74, 6) is -0.350. The molecule has 4 aromatic rings. The molecule has 2 N–H and O–H groups in total. The molecule has 5 heteroatoms. The minimum absolute atomic E-state index is 0.111. The zero-order valence-electron chi connectivity index (χ0n) is 20.2. The number of hydrogen-bond donors (Lipinski definition) is 2. The first-order valence-corrected chi connectivity index (χ1v) is 11.7. The number of aryl methyl sites for hydroxylation is 3. The number of amides is 1. The van der Waals surface area contributed by atoms with Crippen molar-refractivity contribution in [2.45, 2.75) is 40.5 Å². The van der Waals surface area contributed by atoms with Crippen molar-refractivity contribution in [3.05, 3.63) is 93.9 Å². The lowest BCUT2D eigenvalue weighted by Gasteiger charge is -2.17. The predicted molar refractivity (Wildman–Crippen MR) is 138 cm³/mol. The molecule has 172 valence electrons. The maximum Gasteiger partial charge on any atom is 0.261 e. The van der Waals surface area contributed by atoms with E-state index in [0.717, 1.165) is 39.8 Å². The Morgan fingerprint density at radius 1 is 1.12 bits per heavy atom. The molecular formula is C29H30N4O. The van der Waals surface area contributed by atoms with Gasteiger partial charge in [-0.1, -0.05) is 43.3 Å². The smallest absolute Gasteiger partial charge is 0.261 e. The summed E-state index contributed by atoms with van der Waals surface area (Å²) in [7, 11) is 0. The van der Waals surface area contributed by atoms with Gasteiger partial charge in [-0.25, -0.2) is 0 Å². The molecule has 1 amide bonds. The summed E-state index contributed by atoms with van der Waals surface area (Å²) in [5, 5.41) is 13.8. The molecule has 2 heterocycles. The standard InChI is InChI=1S/C29H30N4O/c1-5-22-10-8-9-19(2)28(22)33-20(3)15-24(21(33)4)16-25(17-30)29(34)31-14-13-23-18-32-27-12-7-6-11-26(23)27/h6-12,15-16,18,32H,5,13-14H2,1-4H3,(H,31,34)/b25-16-. The molecule has 0 bridgehead atoms. The minimum atomic E-state index is -0.350. The molecule has 2 aromatic heterocycles. The van der Waals surface area contributed by atoms with Gasteiger partial charge in [-0.15, -0.1) is 0 Å². The van der Waals surface area contributed by atoms with Crippen molar-refractivity contribution in [3.8, 4) is 11.8 Å². The van der Waals surface area contributed by atoms with Crippen molar-refractivity contribution < 1.29 is 4.79 Å². The summed E-state index contributed by atoms with van der Waals surface area (Å²) < 4.78 is 2.23. The van der Waals surface area contributed by atoms with E-state index in [2.05, 4.69) is 66.0 Å². The van der Waals surface area contributed by atoms with Crippen LogP contribution in [0.5, 0.6) is 0 Å². The van der Waals surface area contributed by atoms with Crippen LogP contribution in [-0.2, 0) is 17.6 Å². The highest BCUT2D eigenvalue weighted by Gasteiger charge is 2.16. The first-order valence-electron chi connectivity index (χ1n) is 11.7. The van der Waals surface area contributed by atoms with Crippen LogP contribution in [0.3, 0.4) is 0 Å². The van der Waals surface area contributed by atoms with Gasteiger partial charge in [0.05, 0.1) is 5.69 Å². The largest absolute Gasteiger partial charge is 0.361 e. The van der Waals surface area contributed by atoms with Crippen molar-refractivity contribution in [2.24, 2.45) is 0 Å². The molecule has 0 spiro atoms. The van der Waals surface area contributed by atoms with Crippen LogP contribution in [0.25, 0.3) is 22.7 Å². The Bertz CT molecular complexity index is 1430. The normalized spacial score (nSPS) is 11.6. The number of rotatable bonds is 7. The van der Waals surface area contributed by atoms with Crippen molar-refractivity contribution >= 4 is 22.9 Å². The van der Waals surface area contributed by atoms with Gasteiger partial charge in [-0.05, 0) is 74.1 Å². The Balaban J connectivity index is 1.54. The Morgan fingerprint density at radius 2 is 1.91 bits per heavy atom. The summed E-state index contributed by atoms with van der Waals surface area (Å²) >= 11 is 0. The lowest BCUT2D eigenvalue weighted by atomic mass is 10.1. The number of nitriles is 1. The number of carbonyl (C=O) groups is 1. The molecule has 0 unspecified atom stereocenters. The van der Waals surface area contributed by atoms with Crippen LogP contribution in [-0.4, -0.2) is 22.0 Å². The van der Waals surface area contributed by atoms with E-state index in [4.69, 9.17) is 0 Å². The third kappa shape index (κ3) is 4.40. The number of aromatic amines is 1.